The van der Waals surface area contributed by atoms with E-state index < -0.39 is 5.82 Å². The van der Waals surface area contributed by atoms with Gasteiger partial charge in [0.2, 0.25) is 5.89 Å². The summed E-state index contributed by atoms with van der Waals surface area (Å²) in [6.45, 7) is 3.89. The Bertz CT molecular complexity index is 1160. The highest BCUT2D eigenvalue weighted by atomic mass is 19.1. The summed E-state index contributed by atoms with van der Waals surface area (Å²) >= 11 is 0. The second kappa shape index (κ2) is 6.14. The Labute approximate surface area is 147 Å². The third kappa shape index (κ3) is 2.65. The van der Waals surface area contributed by atoms with Crippen molar-refractivity contribution in [3.05, 3.63) is 58.6 Å². The molecule has 0 aliphatic rings. The molecular formula is C18H15FN4O3. The van der Waals surface area contributed by atoms with Gasteiger partial charge in [-0.05, 0) is 32.0 Å². The minimum absolute atomic E-state index is 0.115. The van der Waals surface area contributed by atoms with Crippen LogP contribution in [-0.4, -0.2) is 26.2 Å². The van der Waals surface area contributed by atoms with Gasteiger partial charge in [-0.15, -0.1) is 0 Å². The molecule has 26 heavy (non-hydrogen) atoms. The molecule has 0 unspecified atom stereocenters. The summed E-state index contributed by atoms with van der Waals surface area (Å²) < 4.78 is 25.9. The van der Waals surface area contributed by atoms with E-state index in [-0.39, 0.29) is 11.3 Å². The zero-order valence-corrected chi connectivity index (χ0v) is 14.1. The molecule has 0 radical (unpaired) electrons. The van der Waals surface area contributed by atoms with Crippen LogP contribution >= 0.6 is 0 Å². The summed E-state index contributed by atoms with van der Waals surface area (Å²) in [6.07, 6.45) is 3.20. The first-order chi connectivity index (χ1) is 12.6. The number of aromatic amines is 1. The number of halogens is 1. The first-order valence-corrected chi connectivity index (χ1v) is 8.03. The number of aromatic nitrogens is 4. The zero-order valence-electron chi connectivity index (χ0n) is 14.1. The van der Waals surface area contributed by atoms with Crippen molar-refractivity contribution in [2.45, 2.75) is 13.8 Å². The lowest BCUT2D eigenvalue weighted by Crippen LogP contribution is -2.14. The van der Waals surface area contributed by atoms with E-state index in [9.17, 15) is 9.18 Å². The molecule has 7 nitrogen and oxygen atoms in total. The molecule has 3 aromatic heterocycles. The van der Waals surface area contributed by atoms with Gasteiger partial charge in [0, 0.05) is 17.8 Å². The molecule has 4 rings (SSSR count). The van der Waals surface area contributed by atoms with E-state index >= 15 is 0 Å². The van der Waals surface area contributed by atoms with Gasteiger partial charge in [0.05, 0.1) is 24.1 Å². The molecular weight excluding hydrogens is 339 g/mol. The van der Waals surface area contributed by atoms with E-state index in [2.05, 4.69) is 15.1 Å². The Morgan fingerprint density at radius 3 is 2.92 bits per heavy atom. The summed E-state index contributed by atoms with van der Waals surface area (Å²) in [5.74, 6) is 0.660. The predicted molar refractivity (Wildman–Crippen MR) is 92.6 cm³/mol. The smallest absolute Gasteiger partial charge is 0.273 e. The third-order valence-electron chi connectivity index (χ3n) is 3.88. The van der Waals surface area contributed by atoms with Gasteiger partial charge >= 0.3 is 0 Å². The van der Waals surface area contributed by atoms with E-state index in [4.69, 9.17) is 9.15 Å². The van der Waals surface area contributed by atoms with Gasteiger partial charge in [-0.2, -0.15) is 0 Å². The number of oxazole rings is 1. The number of H-pyrrole nitrogens is 1. The number of hydrogen-bond donors (Lipinski definition) is 1. The van der Waals surface area contributed by atoms with Crippen molar-refractivity contribution in [1.29, 1.82) is 0 Å². The molecule has 132 valence electrons. The lowest BCUT2D eigenvalue weighted by Gasteiger charge is -2.07. The second-order valence-corrected chi connectivity index (χ2v) is 5.68. The van der Waals surface area contributed by atoms with Crippen molar-refractivity contribution < 1.29 is 13.5 Å². The fraction of sp³-hybridized carbons (Fsp3) is 0.167. The number of aryl methyl sites for hydroxylation is 1. The maximum absolute atomic E-state index is 13.8. The highest BCUT2D eigenvalue weighted by Gasteiger charge is 2.16. The average molecular weight is 354 g/mol. The molecule has 1 N–H and O–H groups in total. The van der Waals surface area contributed by atoms with Crippen LogP contribution in [-0.2, 0) is 0 Å². The number of nitrogens with one attached hydrogen (secondary N) is 1. The quantitative estimate of drug-likeness (QED) is 0.608. The van der Waals surface area contributed by atoms with Crippen molar-refractivity contribution in [2.24, 2.45) is 0 Å². The maximum atomic E-state index is 13.8. The first kappa shape index (κ1) is 16.1. The van der Waals surface area contributed by atoms with Crippen LogP contribution in [0.3, 0.4) is 0 Å². The van der Waals surface area contributed by atoms with Crippen LogP contribution in [0.5, 0.6) is 5.75 Å². The van der Waals surface area contributed by atoms with E-state index in [1.807, 2.05) is 0 Å². The monoisotopic (exact) mass is 354 g/mol. The number of benzene rings is 1. The van der Waals surface area contributed by atoms with Crippen molar-refractivity contribution in [1.82, 2.24) is 19.6 Å². The van der Waals surface area contributed by atoms with Crippen molar-refractivity contribution in [3.8, 4) is 28.5 Å². The Morgan fingerprint density at radius 2 is 2.19 bits per heavy atom. The Balaban J connectivity index is 1.89. The van der Waals surface area contributed by atoms with Crippen LogP contribution in [0.2, 0.25) is 0 Å². The van der Waals surface area contributed by atoms with Gasteiger partial charge in [0.25, 0.3) is 5.56 Å². The van der Waals surface area contributed by atoms with Gasteiger partial charge in [-0.25, -0.2) is 18.9 Å². The van der Waals surface area contributed by atoms with Crippen LogP contribution in [0, 0.1) is 12.7 Å². The first-order valence-electron chi connectivity index (χ1n) is 8.03. The molecule has 4 aromatic rings. The number of fused-ring (bicyclic) bond motifs is 1. The van der Waals surface area contributed by atoms with Crippen LogP contribution < -0.4 is 10.3 Å². The predicted octanol–water partition coefficient (Wildman–Crippen LogP) is 3.19. The van der Waals surface area contributed by atoms with E-state index in [1.165, 1.54) is 22.7 Å². The molecule has 0 aliphatic carbocycles. The molecule has 0 saturated heterocycles. The van der Waals surface area contributed by atoms with E-state index in [0.29, 0.717) is 40.7 Å². The van der Waals surface area contributed by atoms with Crippen molar-refractivity contribution in [2.75, 3.05) is 6.61 Å². The van der Waals surface area contributed by atoms with Gasteiger partial charge in [0.1, 0.15) is 5.76 Å². The number of ether oxygens (including phenoxy) is 1. The lowest BCUT2D eigenvalue weighted by atomic mass is 10.1. The highest BCUT2D eigenvalue weighted by molar-refractivity contribution is 5.74. The topological polar surface area (TPSA) is 85.4 Å². The molecule has 3 heterocycles. The summed E-state index contributed by atoms with van der Waals surface area (Å²) in [6, 6.07) is 5.74. The molecule has 0 fully saturated rings. The largest absolute Gasteiger partial charge is 0.491 e. The van der Waals surface area contributed by atoms with E-state index in [0.717, 1.165) is 0 Å². The van der Waals surface area contributed by atoms with Gasteiger partial charge in [-0.3, -0.25) is 9.89 Å². The van der Waals surface area contributed by atoms with Gasteiger partial charge < -0.3 is 9.15 Å². The number of rotatable bonds is 4. The van der Waals surface area contributed by atoms with Crippen molar-refractivity contribution in [3.63, 3.8) is 0 Å². The Hall–Kier alpha value is -3.42. The van der Waals surface area contributed by atoms with Crippen LogP contribution in [0.4, 0.5) is 4.39 Å². The molecule has 0 saturated carbocycles. The number of nitrogens with zero attached hydrogens (tertiary/aromatic N) is 3. The minimum Gasteiger partial charge on any atom is -0.491 e. The molecule has 8 heteroatoms. The average Bonchev–Trinajstić information content (AvgIpc) is 3.23. The Morgan fingerprint density at radius 1 is 1.35 bits per heavy atom. The second-order valence-electron chi connectivity index (χ2n) is 5.68. The molecule has 0 aliphatic heterocycles. The standard InChI is InChI=1S/C18H15FN4O3/c1-3-25-15-6-11(4-5-13(15)19)14-7-16(24)23-17(22-14)12(9-21-23)18-20-8-10(2)26-18/h4-9,21H,3H2,1-2H3. The molecule has 0 spiro atoms. The van der Waals surface area contributed by atoms with Gasteiger partial charge in [0.15, 0.2) is 17.2 Å². The maximum Gasteiger partial charge on any atom is 0.273 e. The fourth-order valence-electron chi connectivity index (χ4n) is 2.69. The van der Waals surface area contributed by atoms with Crippen LogP contribution in [0.1, 0.15) is 12.7 Å². The van der Waals surface area contributed by atoms with Crippen LogP contribution in [0.25, 0.3) is 28.4 Å². The fourth-order valence-corrected chi connectivity index (χ4v) is 2.69. The normalized spacial score (nSPS) is 11.2. The lowest BCUT2D eigenvalue weighted by molar-refractivity contribution is 0.322. The summed E-state index contributed by atoms with van der Waals surface area (Å²) in [7, 11) is 0. The van der Waals surface area contributed by atoms with E-state index in [1.54, 1.807) is 32.3 Å². The van der Waals surface area contributed by atoms with Crippen LogP contribution in [0.15, 0.2) is 45.9 Å². The molecule has 1 aromatic carbocycles. The Kier molecular flexibility index (Phi) is 3.80. The SMILES string of the molecule is CCOc1cc(-c2cc(=O)n3[nH]cc(-c4ncc(C)o4)c3n2)ccc1F. The zero-order chi connectivity index (χ0) is 18.3. The molecule has 0 atom stereocenters. The minimum atomic E-state index is -0.467. The van der Waals surface area contributed by atoms with Crippen molar-refractivity contribution >= 4 is 5.65 Å². The summed E-state index contributed by atoms with van der Waals surface area (Å²) in [4.78, 5) is 21.2. The third-order valence-corrected chi connectivity index (χ3v) is 3.88. The molecule has 0 bridgehead atoms. The molecule has 0 amide bonds. The van der Waals surface area contributed by atoms with Gasteiger partial charge in [-0.1, -0.05) is 0 Å². The number of hydrogen-bond acceptors (Lipinski definition) is 5. The highest BCUT2D eigenvalue weighted by Crippen LogP contribution is 2.27. The summed E-state index contributed by atoms with van der Waals surface area (Å²) in [5, 5.41) is 2.84. The summed E-state index contributed by atoms with van der Waals surface area (Å²) in [5.41, 5.74) is 1.60.